The topological polar surface area (TPSA) is 32.7 Å². The van der Waals surface area contributed by atoms with Crippen LogP contribution in [0.2, 0.25) is 0 Å². The summed E-state index contributed by atoms with van der Waals surface area (Å²) in [5.41, 5.74) is -0.466. The first-order chi connectivity index (χ1) is 6.07. The molecule has 1 fully saturated rings. The van der Waals surface area contributed by atoms with Crippen LogP contribution in [0.4, 0.5) is 0 Å². The van der Waals surface area contributed by atoms with Gasteiger partial charge in [-0.3, -0.25) is 0 Å². The van der Waals surface area contributed by atoms with Gasteiger partial charge in [0, 0.05) is 26.3 Å². The van der Waals surface area contributed by atoms with Crippen LogP contribution >= 0.6 is 0 Å². The number of likely N-dealkylation sites (N-methyl/N-ethyl adjacent to an activating group) is 1. The fourth-order valence-electron chi connectivity index (χ4n) is 2.12. The van der Waals surface area contributed by atoms with Crippen molar-refractivity contribution in [2.75, 3.05) is 27.3 Å². The first-order valence-electron chi connectivity index (χ1n) is 4.99. The molecule has 0 aromatic carbocycles. The van der Waals surface area contributed by atoms with Crippen molar-refractivity contribution in [2.24, 2.45) is 0 Å². The van der Waals surface area contributed by atoms with Gasteiger partial charge in [-0.15, -0.1) is 0 Å². The molecule has 2 unspecified atom stereocenters. The molecular weight excluding hydrogens is 166 g/mol. The lowest BCUT2D eigenvalue weighted by Gasteiger charge is -2.21. The summed E-state index contributed by atoms with van der Waals surface area (Å²) in [6.07, 6.45) is 2.70. The molecule has 0 aliphatic carbocycles. The van der Waals surface area contributed by atoms with E-state index in [1.54, 1.807) is 7.11 Å². The Balaban J connectivity index is 2.31. The Hall–Kier alpha value is -0.120. The molecule has 3 nitrogen and oxygen atoms in total. The molecule has 0 aromatic rings. The van der Waals surface area contributed by atoms with Crippen molar-refractivity contribution in [2.45, 2.75) is 37.8 Å². The summed E-state index contributed by atoms with van der Waals surface area (Å²) < 4.78 is 4.98. The van der Waals surface area contributed by atoms with E-state index in [4.69, 9.17) is 4.74 Å². The Bertz CT molecular complexity index is 151. The molecule has 1 heterocycles. The third kappa shape index (κ3) is 2.93. The molecule has 1 N–H and O–H groups in total. The van der Waals surface area contributed by atoms with Crippen molar-refractivity contribution in [3.8, 4) is 0 Å². The van der Waals surface area contributed by atoms with Gasteiger partial charge in [-0.25, -0.2) is 0 Å². The standard InChI is InChI=1S/C10H21NO2/c1-9-7-10(12,8-11(9)2)5-4-6-13-3/h9,12H,4-8H2,1-3H3. The Morgan fingerprint density at radius 3 is 2.77 bits per heavy atom. The minimum Gasteiger partial charge on any atom is -0.388 e. The summed E-state index contributed by atoms with van der Waals surface area (Å²) in [7, 11) is 3.77. The number of likely N-dealkylation sites (tertiary alicyclic amines) is 1. The van der Waals surface area contributed by atoms with Gasteiger partial charge >= 0.3 is 0 Å². The number of aliphatic hydroxyl groups is 1. The molecule has 13 heavy (non-hydrogen) atoms. The number of ether oxygens (including phenoxy) is 1. The summed E-state index contributed by atoms with van der Waals surface area (Å²) in [5, 5.41) is 10.2. The normalized spacial score (nSPS) is 35.5. The monoisotopic (exact) mass is 187 g/mol. The van der Waals surface area contributed by atoms with Gasteiger partial charge in [0.1, 0.15) is 0 Å². The number of methoxy groups -OCH3 is 1. The van der Waals surface area contributed by atoms with Gasteiger partial charge in [-0.1, -0.05) is 0 Å². The molecule has 1 saturated heterocycles. The molecule has 3 heteroatoms. The molecule has 2 atom stereocenters. The highest BCUT2D eigenvalue weighted by Gasteiger charge is 2.37. The first-order valence-corrected chi connectivity index (χ1v) is 4.99. The minimum absolute atomic E-state index is 0.466. The molecule has 0 amide bonds. The third-order valence-corrected chi connectivity index (χ3v) is 2.96. The van der Waals surface area contributed by atoms with Gasteiger partial charge in [0.25, 0.3) is 0 Å². The molecular formula is C10H21NO2. The first kappa shape index (κ1) is 11.0. The molecule has 0 spiro atoms. The van der Waals surface area contributed by atoms with Crippen LogP contribution in [0.25, 0.3) is 0 Å². The Labute approximate surface area is 80.7 Å². The summed E-state index contributed by atoms with van der Waals surface area (Å²) in [5.74, 6) is 0. The largest absolute Gasteiger partial charge is 0.388 e. The van der Waals surface area contributed by atoms with E-state index >= 15 is 0 Å². The van der Waals surface area contributed by atoms with Crippen molar-refractivity contribution in [3.63, 3.8) is 0 Å². The van der Waals surface area contributed by atoms with Crippen LogP contribution in [0.5, 0.6) is 0 Å². The third-order valence-electron chi connectivity index (χ3n) is 2.96. The molecule has 1 rings (SSSR count). The van der Waals surface area contributed by atoms with Crippen LogP contribution in [-0.4, -0.2) is 49.0 Å². The number of hydrogen-bond donors (Lipinski definition) is 1. The van der Waals surface area contributed by atoms with Gasteiger partial charge in [-0.05, 0) is 33.2 Å². The van der Waals surface area contributed by atoms with Crippen LogP contribution < -0.4 is 0 Å². The smallest absolute Gasteiger partial charge is 0.0789 e. The maximum atomic E-state index is 10.2. The molecule has 0 aromatic heterocycles. The SMILES string of the molecule is COCCCC1(O)CC(C)N(C)C1. The molecule has 1 aliphatic rings. The lowest BCUT2D eigenvalue weighted by atomic mass is 9.95. The van der Waals surface area contributed by atoms with E-state index in [0.717, 1.165) is 32.4 Å². The lowest BCUT2D eigenvalue weighted by molar-refractivity contribution is 0.0333. The highest BCUT2D eigenvalue weighted by Crippen LogP contribution is 2.29. The summed E-state index contributed by atoms with van der Waals surface area (Å²) >= 11 is 0. The average Bonchev–Trinajstić information content (AvgIpc) is 2.27. The second-order valence-electron chi connectivity index (χ2n) is 4.29. The van der Waals surface area contributed by atoms with Gasteiger partial charge in [-0.2, -0.15) is 0 Å². The van der Waals surface area contributed by atoms with E-state index in [-0.39, 0.29) is 0 Å². The van der Waals surface area contributed by atoms with Gasteiger partial charge in [0.15, 0.2) is 0 Å². The van der Waals surface area contributed by atoms with Crippen molar-refractivity contribution in [1.82, 2.24) is 4.90 Å². The Morgan fingerprint density at radius 1 is 1.62 bits per heavy atom. The maximum Gasteiger partial charge on any atom is 0.0789 e. The predicted octanol–water partition coefficient (Wildman–Crippen LogP) is 0.868. The van der Waals surface area contributed by atoms with E-state index in [1.165, 1.54) is 0 Å². The van der Waals surface area contributed by atoms with Crippen LogP contribution in [0.3, 0.4) is 0 Å². The number of nitrogens with zero attached hydrogens (tertiary/aromatic N) is 1. The maximum absolute atomic E-state index is 10.2. The van der Waals surface area contributed by atoms with Gasteiger partial charge in [0.2, 0.25) is 0 Å². The Morgan fingerprint density at radius 2 is 2.31 bits per heavy atom. The van der Waals surface area contributed by atoms with E-state index in [2.05, 4.69) is 18.9 Å². The molecule has 1 aliphatic heterocycles. The van der Waals surface area contributed by atoms with Gasteiger partial charge < -0.3 is 14.7 Å². The lowest BCUT2D eigenvalue weighted by Crippen LogP contribution is -2.32. The van der Waals surface area contributed by atoms with Crippen LogP contribution in [0, 0.1) is 0 Å². The Kier molecular flexibility index (Phi) is 3.71. The van der Waals surface area contributed by atoms with E-state index < -0.39 is 5.60 Å². The summed E-state index contributed by atoms with van der Waals surface area (Å²) in [6.45, 7) is 3.71. The van der Waals surface area contributed by atoms with E-state index in [9.17, 15) is 5.11 Å². The van der Waals surface area contributed by atoms with E-state index in [1.807, 2.05) is 0 Å². The van der Waals surface area contributed by atoms with E-state index in [0.29, 0.717) is 6.04 Å². The second-order valence-corrected chi connectivity index (χ2v) is 4.29. The van der Waals surface area contributed by atoms with Crippen molar-refractivity contribution < 1.29 is 9.84 Å². The molecule has 0 radical (unpaired) electrons. The molecule has 78 valence electrons. The van der Waals surface area contributed by atoms with Crippen LogP contribution in [-0.2, 0) is 4.74 Å². The minimum atomic E-state index is -0.466. The van der Waals surface area contributed by atoms with Crippen molar-refractivity contribution in [1.29, 1.82) is 0 Å². The zero-order valence-electron chi connectivity index (χ0n) is 8.92. The van der Waals surface area contributed by atoms with Crippen molar-refractivity contribution >= 4 is 0 Å². The average molecular weight is 187 g/mol. The van der Waals surface area contributed by atoms with Crippen molar-refractivity contribution in [3.05, 3.63) is 0 Å². The van der Waals surface area contributed by atoms with Gasteiger partial charge in [0.05, 0.1) is 5.60 Å². The quantitative estimate of drug-likeness (QED) is 0.663. The fourth-order valence-corrected chi connectivity index (χ4v) is 2.12. The summed E-state index contributed by atoms with van der Waals surface area (Å²) in [4.78, 5) is 2.22. The fraction of sp³-hybridized carbons (Fsp3) is 1.00. The zero-order chi connectivity index (χ0) is 9.90. The number of hydrogen-bond acceptors (Lipinski definition) is 3. The second kappa shape index (κ2) is 4.40. The highest BCUT2D eigenvalue weighted by atomic mass is 16.5. The van der Waals surface area contributed by atoms with Crippen LogP contribution in [0.1, 0.15) is 26.2 Å². The summed E-state index contributed by atoms with van der Waals surface area (Å²) in [6, 6.07) is 0.507. The highest BCUT2D eigenvalue weighted by molar-refractivity contribution is 4.92. The number of rotatable bonds is 4. The van der Waals surface area contributed by atoms with Crippen LogP contribution in [0.15, 0.2) is 0 Å². The molecule has 0 bridgehead atoms. The zero-order valence-corrected chi connectivity index (χ0v) is 8.92. The number of β-amino-alcohol motifs (C(OH)–C–C–N with tert-alkyl or cyclic N) is 1. The predicted molar refractivity (Wildman–Crippen MR) is 52.8 cm³/mol. The molecule has 0 saturated carbocycles.